The van der Waals surface area contributed by atoms with E-state index in [0.29, 0.717) is 18.2 Å². The first-order chi connectivity index (χ1) is 20.3. The molecule has 8 nitrogen and oxygen atoms in total. The average Bonchev–Trinajstić information content (AvgIpc) is 2.98. The van der Waals surface area contributed by atoms with Gasteiger partial charge in [-0.05, 0) is 41.5 Å². The molecule has 0 aliphatic carbocycles. The quantitative estimate of drug-likeness (QED) is 0.201. The molecule has 1 unspecified atom stereocenters. The summed E-state index contributed by atoms with van der Waals surface area (Å²) in [5.41, 5.74) is 15.2. The first-order valence-electron chi connectivity index (χ1n) is 12.7. The molecule has 0 heterocycles. The number of amides is 3. The van der Waals surface area contributed by atoms with Gasteiger partial charge in [-0.3, -0.25) is 14.4 Å². The number of carbonyl (C=O) groups is 3. The molecule has 13 heteroatoms. The van der Waals surface area contributed by atoms with Gasteiger partial charge in [0.15, 0.2) is 0 Å². The van der Waals surface area contributed by atoms with E-state index in [1.807, 2.05) is 18.2 Å². The number of halogens is 5. The zero-order valence-electron chi connectivity index (χ0n) is 22.9. The fourth-order valence-corrected chi connectivity index (χ4v) is 4.10. The van der Waals surface area contributed by atoms with Crippen molar-refractivity contribution in [3.05, 3.63) is 137 Å². The Kier molecular flexibility index (Phi) is 12.4. The van der Waals surface area contributed by atoms with Crippen LogP contribution in [0, 0.1) is 5.82 Å². The minimum atomic E-state index is -4.74. The Bertz CT molecular complexity index is 1570. The highest BCUT2D eigenvalue weighted by Gasteiger charge is 2.34. The van der Waals surface area contributed by atoms with Crippen molar-refractivity contribution >= 4 is 30.1 Å². The summed E-state index contributed by atoms with van der Waals surface area (Å²) in [6.07, 6.45) is -4.74. The standard InChI is InChI=1S/C23H18F4N2O3.C8H10N2O.ClH/c24-18-11-10-16(23(25,26)27)12-15(18)13-29(22(32)17-8-4-5-9-19(17)30)20(21(28)31)14-6-2-1-3-7-14;9-7(8(10)11)6-4-2-1-3-5-6;/h1-12,20,30H,13H2,(H2,28,31);1-5,7H,9H2,(H2,10,11);1H/t;7-;/m.1./s1. The lowest BCUT2D eigenvalue weighted by Crippen LogP contribution is -2.41. The number of carbonyl (C=O) groups excluding carboxylic acids is 3. The van der Waals surface area contributed by atoms with Gasteiger partial charge in [0.1, 0.15) is 23.7 Å². The molecule has 0 aliphatic heterocycles. The van der Waals surface area contributed by atoms with Gasteiger partial charge in [-0.15, -0.1) is 12.4 Å². The molecule has 0 radical (unpaired) electrons. The van der Waals surface area contributed by atoms with Gasteiger partial charge in [0.25, 0.3) is 5.91 Å². The van der Waals surface area contributed by atoms with Crippen molar-refractivity contribution in [2.45, 2.75) is 24.8 Å². The number of hydrogen-bond acceptors (Lipinski definition) is 5. The summed E-state index contributed by atoms with van der Waals surface area (Å²) in [5, 5.41) is 10.1. The second-order valence-corrected chi connectivity index (χ2v) is 9.26. The number of alkyl halides is 3. The van der Waals surface area contributed by atoms with E-state index < -0.39 is 65.2 Å². The van der Waals surface area contributed by atoms with Crippen molar-refractivity contribution in [2.75, 3.05) is 0 Å². The largest absolute Gasteiger partial charge is 0.507 e. The number of primary amides is 2. The Balaban J connectivity index is 0.000000475. The third kappa shape index (κ3) is 9.03. The molecule has 0 saturated carbocycles. The molecule has 0 saturated heterocycles. The minimum Gasteiger partial charge on any atom is -0.507 e. The molecule has 4 aromatic carbocycles. The highest BCUT2D eigenvalue weighted by atomic mass is 35.5. The van der Waals surface area contributed by atoms with Crippen LogP contribution in [0.3, 0.4) is 0 Å². The van der Waals surface area contributed by atoms with Crippen LogP contribution in [-0.2, 0) is 22.3 Å². The van der Waals surface area contributed by atoms with E-state index in [9.17, 15) is 37.1 Å². The maximum absolute atomic E-state index is 14.5. The van der Waals surface area contributed by atoms with Gasteiger partial charge in [-0.1, -0.05) is 72.8 Å². The van der Waals surface area contributed by atoms with Crippen LogP contribution in [0.15, 0.2) is 103 Å². The Morgan fingerprint density at radius 3 is 1.80 bits per heavy atom. The molecule has 232 valence electrons. The smallest absolute Gasteiger partial charge is 0.416 e. The highest BCUT2D eigenvalue weighted by molar-refractivity contribution is 5.99. The first-order valence-corrected chi connectivity index (χ1v) is 12.7. The summed E-state index contributed by atoms with van der Waals surface area (Å²) >= 11 is 0. The van der Waals surface area contributed by atoms with Gasteiger partial charge in [-0.2, -0.15) is 13.2 Å². The number of aromatic hydroxyl groups is 1. The zero-order chi connectivity index (χ0) is 31.7. The molecule has 3 amide bonds. The monoisotopic (exact) mass is 632 g/mol. The third-order valence-corrected chi connectivity index (χ3v) is 6.27. The lowest BCUT2D eigenvalue weighted by molar-refractivity contribution is -0.137. The van der Waals surface area contributed by atoms with Gasteiger partial charge in [-0.25, -0.2) is 4.39 Å². The molecule has 0 aliphatic rings. The Morgan fingerprint density at radius 1 is 0.773 bits per heavy atom. The van der Waals surface area contributed by atoms with Crippen LogP contribution in [0.25, 0.3) is 0 Å². The third-order valence-electron chi connectivity index (χ3n) is 6.27. The Labute approximate surface area is 256 Å². The number of para-hydroxylation sites is 1. The lowest BCUT2D eigenvalue weighted by atomic mass is 10.0. The van der Waals surface area contributed by atoms with Crippen LogP contribution < -0.4 is 17.2 Å². The van der Waals surface area contributed by atoms with Crippen LogP contribution in [-0.4, -0.2) is 27.7 Å². The summed E-state index contributed by atoms with van der Waals surface area (Å²) in [6, 6.07) is 22.0. The van der Waals surface area contributed by atoms with Crippen LogP contribution in [0.1, 0.15) is 44.7 Å². The van der Waals surface area contributed by atoms with E-state index in [0.717, 1.165) is 10.5 Å². The molecule has 0 fully saturated rings. The molecule has 44 heavy (non-hydrogen) atoms. The fraction of sp³-hybridized carbons (Fsp3) is 0.129. The number of nitrogens with two attached hydrogens (primary N) is 3. The summed E-state index contributed by atoms with van der Waals surface area (Å²) in [4.78, 5) is 37.1. The van der Waals surface area contributed by atoms with Gasteiger partial charge in [0.2, 0.25) is 11.8 Å². The lowest BCUT2D eigenvalue weighted by Gasteiger charge is -2.31. The molecule has 0 aromatic heterocycles. The van der Waals surface area contributed by atoms with Crippen molar-refractivity contribution in [3.63, 3.8) is 0 Å². The topological polar surface area (TPSA) is 153 Å². The van der Waals surface area contributed by atoms with Crippen molar-refractivity contribution in [1.82, 2.24) is 4.90 Å². The predicted octanol–water partition coefficient (Wildman–Crippen LogP) is 5.01. The van der Waals surface area contributed by atoms with Crippen LogP contribution >= 0.6 is 12.4 Å². The number of phenolic OH excluding ortho intramolecular Hbond substituents is 1. The van der Waals surface area contributed by atoms with Crippen molar-refractivity contribution in [1.29, 1.82) is 0 Å². The molecular formula is C31H29ClF4N4O4. The second kappa shape index (κ2) is 15.5. The van der Waals surface area contributed by atoms with E-state index in [4.69, 9.17) is 17.2 Å². The van der Waals surface area contributed by atoms with Crippen LogP contribution in [0.2, 0.25) is 0 Å². The van der Waals surface area contributed by atoms with Gasteiger partial charge >= 0.3 is 6.18 Å². The van der Waals surface area contributed by atoms with E-state index in [1.54, 1.807) is 30.3 Å². The van der Waals surface area contributed by atoms with Crippen molar-refractivity contribution < 1.29 is 37.1 Å². The van der Waals surface area contributed by atoms with Crippen molar-refractivity contribution in [3.8, 4) is 5.75 Å². The fourth-order valence-electron chi connectivity index (χ4n) is 4.10. The zero-order valence-corrected chi connectivity index (χ0v) is 23.8. The number of benzene rings is 4. The second-order valence-electron chi connectivity index (χ2n) is 9.26. The molecule has 0 spiro atoms. The van der Waals surface area contributed by atoms with E-state index in [2.05, 4.69) is 0 Å². The van der Waals surface area contributed by atoms with Gasteiger partial charge in [0, 0.05) is 5.56 Å². The summed E-state index contributed by atoms with van der Waals surface area (Å²) in [6.45, 7) is -0.703. The minimum absolute atomic E-state index is 0. The maximum atomic E-state index is 14.5. The number of phenols is 1. The number of hydrogen-bond donors (Lipinski definition) is 4. The molecule has 0 bridgehead atoms. The molecule has 4 rings (SSSR count). The number of nitrogens with zero attached hydrogens (tertiary/aromatic N) is 1. The highest BCUT2D eigenvalue weighted by Crippen LogP contribution is 2.33. The molecular weight excluding hydrogens is 604 g/mol. The Hall–Kier alpha value is -4.94. The van der Waals surface area contributed by atoms with Gasteiger partial charge < -0.3 is 27.2 Å². The number of rotatable bonds is 8. The summed E-state index contributed by atoms with van der Waals surface area (Å²) in [7, 11) is 0. The normalized spacial score (nSPS) is 12.0. The summed E-state index contributed by atoms with van der Waals surface area (Å²) < 4.78 is 53.9. The molecule has 4 aromatic rings. The maximum Gasteiger partial charge on any atom is 0.416 e. The predicted molar refractivity (Wildman–Crippen MR) is 158 cm³/mol. The molecule has 7 N–H and O–H groups in total. The summed E-state index contributed by atoms with van der Waals surface area (Å²) in [5.74, 6) is -3.80. The molecule has 2 atom stereocenters. The van der Waals surface area contributed by atoms with Gasteiger partial charge in [0.05, 0.1) is 17.7 Å². The average molecular weight is 633 g/mol. The Morgan fingerprint density at radius 2 is 1.30 bits per heavy atom. The van der Waals surface area contributed by atoms with E-state index in [1.165, 1.54) is 36.4 Å². The van der Waals surface area contributed by atoms with Crippen LogP contribution in [0.4, 0.5) is 17.6 Å². The van der Waals surface area contributed by atoms with E-state index in [-0.39, 0.29) is 23.5 Å². The first kappa shape index (κ1) is 35.3. The SMILES string of the molecule is Cl.NC(=O)C(c1ccccc1)N(Cc1cc(C(F)(F)F)ccc1F)C(=O)c1ccccc1O.NC(=O)[C@H](N)c1ccccc1. The van der Waals surface area contributed by atoms with Crippen molar-refractivity contribution in [2.24, 2.45) is 17.2 Å². The van der Waals surface area contributed by atoms with E-state index >= 15 is 0 Å². The van der Waals surface area contributed by atoms with Crippen LogP contribution in [0.5, 0.6) is 5.75 Å².